The van der Waals surface area contributed by atoms with Gasteiger partial charge in [-0.15, -0.1) is 0 Å². The molecule has 0 saturated heterocycles. The van der Waals surface area contributed by atoms with Crippen molar-refractivity contribution in [1.82, 2.24) is 9.55 Å². The molecule has 4 rings (SSSR count). The number of nitrogens with zero attached hydrogens (tertiary/aromatic N) is 3. The number of carbonyl (C=O) groups is 1. The summed E-state index contributed by atoms with van der Waals surface area (Å²) in [5.41, 5.74) is 4.71. The van der Waals surface area contributed by atoms with Gasteiger partial charge in [-0.3, -0.25) is 4.79 Å². The van der Waals surface area contributed by atoms with E-state index < -0.39 is 0 Å². The van der Waals surface area contributed by atoms with Crippen LogP contribution in [0.5, 0.6) is 5.75 Å². The fourth-order valence-corrected chi connectivity index (χ4v) is 3.59. The number of imidazole rings is 1. The van der Waals surface area contributed by atoms with Crippen molar-refractivity contribution in [2.24, 2.45) is 7.05 Å². The summed E-state index contributed by atoms with van der Waals surface area (Å²) >= 11 is 0. The number of phenols is 1. The molecule has 2 heterocycles. The van der Waals surface area contributed by atoms with Crippen LogP contribution in [-0.2, 0) is 16.6 Å². The van der Waals surface area contributed by atoms with E-state index in [-0.39, 0.29) is 17.6 Å². The molecule has 1 aliphatic rings. The number of carbonyl (C=O) groups excluding carboxylic acids is 1. The van der Waals surface area contributed by atoms with Crippen molar-refractivity contribution in [3.05, 3.63) is 42.0 Å². The molecule has 26 heavy (non-hydrogen) atoms. The van der Waals surface area contributed by atoms with E-state index in [2.05, 4.69) is 0 Å². The molecule has 0 spiro atoms. The molecule has 1 unspecified atom stereocenters. The Bertz CT molecular complexity index is 992. The van der Waals surface area contributed by atoms with Crippen molar-refractivity contribution < 1.29 is 14.6 Å². The number of ether oxygens (including phenoxy) is 1. The highest BCUT2D eigenvalue weighted by Crippen LogP contribution is 2.40. The highest BCUT2D eigenvalue weighted by Gasteiger charge is 2.34. The van der Waals surface area contributed by atoms with E-state index in [1.807, 2.05) is 42.8 Å². The molecule has 1 aliphatic heterocycles. The summed E-state index contributed by atoms with van der Waals surface area (Å²) in [5, 5.41) is 9.50. The van der Waals surface area contributed by atoms with Gasteiger partial charge < -0.3 is 19.3 Å². The van der Waals surface area contributed by atoms with Crippen LogP contribution in [-0.4, -0.2) is 40.8 Å². The molecule has 1 aromatic heterocycles. The van der Waals surface area contributed by atoms with Crippen LogP contribution in [0.2, 0.25) is 0 Å². The number of aromatic hydroxyl groups is 1. The Kier molecular flexibility index (Phi) is 3.92. The van der Waals surface area contributed by atoms with Crippen molar-refractivity contribution in [2.45, 2.75) is 12.8 Å². The van der Waals surface area contributed by atoms with E-state index in [9.17, 15) is 9.90 Å². The Balaban J connectivity index is 1.84. The minimum absolute atomic E-state index is 0.103. The zero-order valence-electron chi connectivity index (χ0n) is 15.1. The number of hydrogen-bond acceptors (Lipinski definition) is 4. The van der Waals surface area contributed by atoms with Gasteiger partial charge in [-0.1, -0.05) is 0 Å². The number of benzene rings is 2. The minimum Gasteiger partial charge on any atom is -0.508 e. The van der Waals surface area contributed by atoms with E-state index in [0.717, 1.165) is 33.7 Å². The SMILES string of the molecule is COCCN1C(=O)C(C)c2cc3nc(-c4ccc(O)cc4)n(C)c3cc21. The molecule has 1 N–H and O–H groups in total. The second-order valence-electron chi connectivity index (χ2n) is 6.65. The molecule has 1 amide bonds. The molecule has 0 aliphatic carbocycles. The summed E-state index contributed by atoms with van der Waals surface area (Å²) in [4.78, 5) is 19.2. The van der Waals surface area contributed by atoms with Gasteiger partial charge in [0.05, 0.1) is 23.6 Å². The third-order valence-electron chi connectivity index (χ3n) is 5.07. The maximum absolute atomic E-state index is 12.6. The molecule has 6 heteroatoms. The zero-order chi connectivity index (χ0) is 18.4. The van der Waals surface area contributed by atoms with Gasteiger partial charge in [0.25, 0.3) is 0 Å². The maximum atomic E-state index is 12.6. The zero-order valence-corrected chi connectivity index (χ0v) is 15.1. The highest BCUT2D eigenvalue weighted by molar-refractivity contribution is 6.07. The fraction of sp³-hybridized carbons (Fsp3) is 0.300. The third-order valence-corrected chi connectivity index (χ3v) is 5.07. The average Bonchev–Trinajstić information content (AvgIpc) is 3.08. The number of fused-ring (bicyclic) bond motifs is 2. The molecule has 134 valence electrons. The van der Waals surface area contributed by atoms with Crippen molar-refractivity contribution in [3.8, 4) is 17.1 Å². The number of amides is 1. The quantitative estimate of drug-likeness (QED) is 0.784. The van der Waals surface area contributed by atoms with Gasteiger partial charge in [0, 0.05) is 32.0 Å². The second-order valence-corrected chi connectivity index (χ2v) is 6.65. The predicted molar refractivity (Wildman–Crippen MR) is 100 cm³/mol. The summed E-state index contributed by atoms with van der Waals surface area (Å²) in [7, 11) is 3.60. The number of phenolic OH excluding ortho intramolecular Hbond substituents is 1. The van der Waals surface area contributed by atoms with Crippen molar-refractivity contribution in [2.75, 3.05) is 25.2 Å². The minimum atomic E-state index is -0.176. The van der Waals surface area contributed by atoms with Gasteiger partial charge in [0.15, 0.2) is 0 Å². The first-order valence-electron chi connectivity index (χ1n) is 8.61. The summed E-state index contributed by atoms with van der Waals surface area (Å²) in [6, 6.07) is 11.1. The van der Waals surface area contributed by atoms with E-state index in [1.165, 1.54) is 0 Å². The predicted octanol–water partition coefficient (Wildman–Crippen LogP) is 3.04. The van der Waals surface area contributed by atoms with Gasteiger partial charge >= 0.3 is 0 Å². The van der Waals surface area contributed by atoms with Gasteiger partial charge in [-0.25, -0.2) is 4.98 Å². The topological polar surface area (TPSA) is 67.6 Å². The van der Waals surface area contributed by atoms with Crippen LogP contribution in [0.4, 0.5) is 5.69 Å². The number of aromatic nitrogens is 2. The van der Waals surface area contributed by atoms with Crippen LogP contribution in [0.15, 0.2) is 36.4 Å². The lowest BCUT2D eigenvalue weighted by molar-refractivity contribution is -0.119. The molecule has 0 saturated carbocycles. The molecule has 0 radical (unpaired) electrons. The number of hydrogen-bond donors (Lipinski definition) is 1. The number of rotatable bonds is 4. The lowest BCUT2D eigenvalue weighted by Gasteiger charge is -2.17. The lowest BCUT2D eigenvalue weighted by atomic mass is 10.0. The van der Waals surface area contributed by atoms with Crippen LogP contribution in [0.1, 0.15) is 18.4 Å². The third kappa shape index (κ3) is 2.45. The Morgan fingerprint density at radius 2 is 1.96 bits per heavy atom. The first-order valence-corrected chi connectivity index (χ1v) is 8.61. The first kappa shape index (κ1) is 16.6. The molecule has 0 fully saturated rings. The molecule has 2 aromatic carbocycles. The van der Waals surface area contributed by atoms with Crippen molar-refractivity contribution in [3.63, 3.8) is 0 Å². The maximum Gasteiger partial charge on any atom is 0.234 e. The normalized spacial score (nSPS) is 16.5. The molecule has 3 aromatic rings. The number of anilines is 1. The highest BCUT2D eigenvalue weighted by atomic mass is 16.5. The van der Waals surface area contributed by atoms with Crippen LogP contribution in [0, 0.1) is 0 Å². The van der Waals surface area contributed by atoms with Gasteiger partial charge in [-0.2, -0.15) is 0 Å². The van der Waals surface area contributed by atoms with Gasteiger partial charge in [0.1, 0.15) is 11.6 Å². The Labute approximate surface area is 151 Å². The van der Waals surface area contributed by atoms with Crippen LogP contribution in [0.3, 0.4) is 0 Å². The average molecular weight is 351 g/mol. The molecule has 0 bridgehead atoms. The van der Waals surface area contributed by atoms with E-state index in [0.29, 0.717) is 13.2 Å². The van der Waals surface area contributed by atoms with Crippen molar-refractivity contribution in [1.29, 1.82) is 0 Å². The monoisotopic (exact) mass is 351 g/mol. The smallest absolute Gasteiger partial charge is 0.234 e. The Morgan fingerprint density at radius 1 is 1.23 bits per heavy atom. The fourth-order valence-electron chi connectivity index (χ4n) is 3.59. The lowest BCUT2D eigenvalue weighted by Crippen LogP contribution is -2.31. The first-order chi connectivity index (χ1) is 12.5. The Hall–Kier alpha value is -2.86. The summed E-state index contributed by atoms with van der Waals surface area (Å²) in [6.45, 7) is 2.98. The Morgan fingerprint density at radius 3 is 2.65 bits per heavy atom. The molecule has 1 atom stereocenters. The largest absolute Gasteiger partial charge is 0.508 e. The van der Waals surface area contributed by atoms with Crippen LogP contribution in [0.25, 0.3) is 22.4 Å². The number of aryl methyl sites for hydroxylation is 1. The number of methoxy groups -OCH3 is 1. The van der Waals surface area contributed by atoms with E-state index in [4.69, 9.17) is 9.72 Å². The second kappa shape index (κ2) is 6.14. The van der Waals surface area contributed by atoms with Gasteiger partial charge in [0.2, 0.25) is 5.91 Å². The van der Waals surface area contributed by atoms with Crippen LogP contribution < -0.4 is 4.90 Å². The molecular weight excluding hydrogens is 330 g/mol. The standard InChI is InChI=1S/C20H21N3O3/c1-12-15-10-16-18(11-17(15)23(20(12)25)8-9-26-3)22(2)19(21-16)13-4-6-14(24)7-5-13/h4-7,10-12,24H,8-9H2,1-3H3. The van der Waals surface area contributed by atoms with E-state index in [1.54, 1.807) is 24.1 Å². The molecule has 6 nitrogen and oxygen atoms in total. The van der Waals surface area contributed by atoms with Gasteiger partial charge in [-0.05, 0) is 48.9 Å². The summed E-state index contributed by atoms with van der Waals surface area (Å²) in [5.74, 6) is 0.982. The van der Waals surface area contributed by atoms with E-state index >= 15 is 0 Å². The molecular formula is C20H21N3O3. The summed E-state index contributed by atoms with van der Waals surface area (Å²) < 4.78 is 7.17. The van der Waals surface area contributed by atoms with Crippen LogP contribution >= 0.6 is 0 Å². The summed E-state index contributed by atoms with van der Waals surface area (Å²) in [6.07, 6.45) is 0. The van der Waals surface area contributed by atoms with Crippen molar-refractivity contribution >= 4 is 22.6 Å².